The van der Waals surface area contributed by atoms with Gasteiger partial charge in [0.05, 0.1) is 37.1 Å². The van der Waals surface area contributed by atoms with Crippen LogP contribution in [0.3, 0.4) is 0 Å². The highest BCUT2D eigenvalue weighted by Gasteiger charge is 2.40. The number of esters is 1. The van der Waals surface area contributed by atoms with Gasteiger partial charge >= 0.3 is 5.97 Å². The van der Waals surface area contributed by atoms with Gasteiger partial charge in [-0.15, -0.1) is 0 Å². The molecule has 3 heterocycles. The van der Waals surface area contributed by atoms with Crippen LogP contribution in [-0.2, 0) is 4.74 Å². The average Bonchev–Trinajstić information content (AvgIpc) is 3.39. The van der Waals surface area contributed by atoms with Crippen LogP contribution in [0.15, 0.2) is 67.0 Å². The quantitative estimate of drug-likeness (QED) is 0.467. The van der Waals surface area contributed by atoms with Gasteiger partial charge in [-0.3, -0.25) is 4.98 Å². The van der Waals surface area contributed by atoms with Gasteiger partial charge in [-0.1, -0.05) is 12.1 Å². The highest BCUT2D eigenvalue weighted by molar-refractivity contribution is 7.80. The van der Waals surface area contributed by atoms with E-state index in [0.717, 1.165) is 17.1 Å². The molecule has 1 aliphatic rings. The van der Waals surface area contributed by atoms with Crippen LogP contribution in [0, 0.1) is 0 Å². The Hall–Kier alpha value is -3.23. The SMILES string of the molecule is COC(=O)c1cccc(-n2cccc2[C@H]2[C@H](c3ccccn3)NC(=S)N2CCO)c1. The maximum atomic E-state index is 12.0. The largest absolute Gasteiger partial charge is 0.465 e. The fraction of sp³-hybridized carbons (Fsp3) is 0.227. The number of nitrogens with zero attached hydrogens (tertiary/aromatic N) is 3. The van der Waals surface area contributed by atoms with Crippen molar-refractivity contribution in [1.29, 1.82) is 0 Å². The predicted octanol–water partition coefficient (Wildman–Crippen LogP) is 2.62. The summed E-state index contributed by atoms with van der Waals surface area (Å²) in [7, 11) is 1.37. The smallest absolute Gasteiger partial charge is 0.337 e. The predicted molar refractivity (Wildman–Crippen MR) is 116 cm³/mol. The molecule has 2 N–H and O–H groups in total. The number of rotatable bonds is 6. The van der Waals surface area contributed by atoms with Crippen molar-refractivity contribution in [3.8, 4) is 5.69 Å². The molecular weight excluding hydrogens is 400 g/mol. The van der Waals surface area contributed by atoms with E-state index in [2.05, 4.69) is 10.3 Å². The van der Waals surface area contributed by atoms with E-state index in [0.29, 0.717) is 17.2 Å². The fourth-order valence-electron chi connectivity index (χ4n) is 3.85. The molecular formula is C22H22N4O3S. The van der Waals surface area contributed by atoms with Gasteiger partial charge in [0.25, 0.3) is 0 Å². The summed E-state index contributed by atoms with van der Waals surface area (Å²) in [5, 5.41) is 13.6. The summed E-state index contributed by atoms with van der Waals surface area (Å²) in [6.07, 6.45) is 3.70. The normalized spacial score (nSPS) is 18.3. The molecule has 0 amide bonds. The molecule has 7 nitrogen and oxygen atoms in total. The molecule has 0 spiro atoms. The van der Waals surface area contributed by atoms with Gasteiger partial charge < -0.3 is 24.6 Å². The van der Waals surface area contributed by atoms with Gasteiger partial charge in [0, 0.05) is 30.3 Å². The van der Waals surface area contributed by atoms with E-state index in [1.54, 1.807) is 18.3 Å². The summed E-state index contributed by atoms with van der Waals surface area (Å²) in [4.78, 5) is 18.5. The third-order valence-electron chi connectivity index (χ3n) is 5.17. The van der Waals surface area contributed by atoms with Crippen LogP contribution in [0.1, 0.15) is 33.8 Å². The number of carbonyl (C=O) groups excluding carboxylic acids is 1. The Morgan fingerprint density at radius 2 is 2.10 bits per heavy atom. The number of carbonyl (C=O) groups is 1. The van der Waals surface area contributed by atoms with Gasteiger partial charge in [-0.2, -0.15) is 0 Å². The van der Waals surface area contributed by atoms with Crippen LogP contribution in [0.4, 0.5) is 0 Å². The molecule has 0 saturated carbocycles. The number of ether oxygens (including phenoxy) is 1. The molecule has 8 heteroatoms. The summed E-state index contributed by atoms with van der Waals surface area (Å²) in [6.45, 7) is 0.374. The number of aliphatic hydroxyl groups excluding tert-OH is 1. The second kappa shape index (κ2) is 8.64. The first-order valence-corrected chi connectivity index (χ1v) is 10.00. The van der Waals surface area contributed by atoms with Gasteiger partial charge in [-0.05, 0) is 54.7 Å². The molecule has 4 rings (SSSR count). The molecule has 1 fully saturated rings. The Bertz CT molecular complexity index is 1050. The van der Waals surface area contributed by atoms with E-state index in [1.807, 2.05) is 58.1 Å². The number of methoxy groups -OCH3 is 1. The van der Waals surface area contributed by atoms with Crippen molar-refractivity contribution in [3.05, 3.63) is 83.9 Å². The topological polar surface area (TPSA) is 79.6 Å². The Kier molecular flexibility index (Phi) is 5.78. The number of aromatic nitrogens is 2. The zero-order chi connectivity index (χ0) is 21.1. The number of β-amino-alcohol motifs (C(OH)–C–C–N with tert-alkyl or cyclic N) is 1. The summed E-state index contributed by atoms with van der Waals surface area (Å²) in [5.74, 6) is -0.387. The second-order valence-corrected chi connectivity index (χ2v) is 7.28. The van der Waals surface area contributed by atoms with Crippen LogP contribution in [-0.4, -0.2) is 50.9 Å². The Morgan fingerprint density at radius 3 is 2.83 bits per heavy atom. The summed E-state index contributed by atoms with van der Waals surface area (Å²) in [6, 6.07) is 16.7. The van der Waals surface area contributed by atoms with Crippen molar-refractivity contribution in [2.45, 2.75) is 12.1 Å². The van der Waals surface area contributed by atoms with Crippen molar-refractivity contribution in [2.75, 3.05) is 20.3 Å². The average molecular weight is 423 g/mol. The molecule has 2 atom stereocenters. The lowest BCUT2D eigenvalue weighted by Gasteiger charge is -2.28. The molecule has 1 aliphatic heterocycles. The van der Waals surface area contributed by atoms with Crippen LogP contribution in [0.2, 0.25) is 0 Å². The Labute approximate surface area is 179 Å². The van der Waals surface area contributed by atoms with Crippen molar-refractivity contribution in [1.82, 2.24) is 19.8 Å². The summed E-state index contributed by atoms with van der Waals surface area (Å²) in [5.41, 5.74) is 3.14. The minimum atomic E-state index is -0.387. The van der Waals surface area contributed by atoms with E-state index in [1.165, 1.54) is 7.11 Å². The number of benzene rings is 1. The molecule has 30 heavy (non-hydrogen) atoms. The Balaban J connectivity index is 1.79. The van der Waals surface area contributed by atoms with Crippen molar-refractivity contribution in [2.24, 2.45) is 0 Å². The molecule has 0 radical (unpaired) electrons. The molecule has 0 aliphatic carbocycles. The van der Waals surface area contributed by atoms with Crippen LogP contribution >= 0.6 is 12.2 Å². The van der Waals surface area contributed by atoms with E-state index in [4.69, 9.17) is 17.0 Å². The first-order chi connectivity index (χ1) is 14.6. The van der Waals surface area contributed by atoms with Crippen molar-refractivity contribution < 1.29 is 14.6 Å². The van der Waals surface area contributed by atoms with Gasteiger partial charge in [0.1, 0.15) is 0 Å². The lowest BCUT2D eigenvalue weighted by molar-refractivity contribution is 0.0600. The molecule has 1 aromatic carbocycles. The van der Waals surface area contributed by atoms with Crippen LogP contribution < -0.4 is 5.32 Å². The lowest BCUT2D eigenvalue weighted by Crippen LogP contribution is -2.32. The third kappa shape index (κ3) is 3.67. The molecule has 2 aromatic heterocycles. The molecule has 1 saturated heterocycles. The van der Waals surface area contributed by atoms with E-state index in [9.17, 15) is 9.90 Å². The zero-order valence-corrected chi connectivity index (χ0v) is 17.2. The van der Waals surface area contributed by atoms with Crippen molar-refractivity contribution in [3.63, 3.8) is 0 Å². The summed E-state index contributed by atoms with van der Waals surface area (Å²) < 4.78 is 6.88. The number of pyridine rings is 1. The maximum Gasteiger partial charge on any atom is 0.337 e. The number of nitrogens with one attached hydrogen (secondary N) is 1. The number of hydrogen-bond donors (Lipinski definition) is 2. The van der Waals surface area contributed by atoms with Gasteiger partial charge in [0.2, 0.25) is 0 Å². The molecule has 154 valence electrons. The van der Waals surface area contributed by atoms with Crippen molar-refractivity contribution >= 4 is 23.3 Å². The highest BCUT2D eigenvalue weighted by atomic mass is 32.1. The third-order valence-corrected chi connectivity index (χ3v) is 5.52. The second-order valence-electron chi connectivity index (χ2n) is 6.89. The lowest BCUT2D eigenvalue weighted by atomic mass is 10.0. The maximum absolute atomic E-state index is 12.0. The molecule has 3 aromatic rings. The summed E-state index contributed by atoms with van der Waals surface area (Å²) >= 11 is 5.57. The van der Waals surface area contributed by atoms with Crippen LogP contribution in [0.25, 0.3) is 5.69 Å². The van der Waals surface area contributed by atoms with E-state index >= 15 is 0 Å². The highest BCUT2D eigenvalue weighted by Crippen LogP contribution is 2.39. The zero-order valence-electron chi connectivity index (χ0n) is 16.4. The molecule has 0 unspecified atom stereocenters. The fourth-order valence-corrected chi connectivity index (χ4v) is 4.18. The number of aliphatic hydroxyl groups is 1. The van der Waals surface area contributed by atoms with E-state index in [-0.39, 0.29) is 24.7 Å². The minimum absolute atomic E-state index is 0.0220. The first kappa shape index (κ1) is 20.1. The van der Waals surface area contributed by atoms with E-state index < -0.39 is 0 Å². The minimum Gasteiger partial charge on any atom is -0.465 e. The standard InChI is InChI=1S/C22H22N4O3S/c1-29-21(28)15-6-4-7-16(14-15)25-11-5-9-18(25)20-19(17-8-2-3-10-23-17)24-22(30)26(20)12-13-27/h2-11,14,19-20,27H,12-13H2,1H3,(H,24,30)/t19-,20-/m0/s1. The Morgan fingerprint density at radius 1 is 1.23 bits per heavy atom. The monoisotopic (exact) mass is 422 g/mol. The number of thiocarbonyl (C=S) groups is 1. The van der Waals surface area contributed by atoms with Crippen LogP contribution in [0.5, 0.6) is 0 Å². The van der Waals surface area contributed by atoms with Gasteiger partial charge in [-0.25, -0.2) is 4.79 Å². The number of hydrogen-bond acceptors (Lipinski definition) is 5. The van der Waals surface area contributed by atoms with Gasteiger partial charge in [0.15, 0.2) is 5.11 Å². The molecule has 0 bridgehead atoms. The first-order valence-electron chi connectivity index (χ1n) is 9.59.